The SMILES string of the molecule is CC(=O)Nc1ccccc1CNCC(O)COCC(C)C. The van der Waals surface area contributed by atoms with Crippen LogP contribution < -0.4 is 10.6 Å². The fourth-order valence-electron chi connectivity index (χ4n) is 1.86. The molecule has 1 unspecified atom stereocenters. The van der Waals surface area contributed by atoms with Crippen molar-refractivity contribution in [2.45, 2.75) is 33.4 Å². The van der Waals surface area contributed by atoms with Crippen molar-refractivity contribution in [2.24, 2.45) is 5.92 Å². The highest BCUT2D eigenvalue weighted by Crippen LogP contribution is 2.14. The van der Waals surface area contributed by atoms with Crippen LogP contribution in [0.15, 0.2) is 24.3 Å². The molecule has 0 saturated heterocycles. The molecule has 0 aliphatic carbocycles. The van der Waals surface area contributed by atoms with Crippen LogP contribution in [0, 0.1) is 5.92 Å². The van der Waals surface area contributed by atoms with Gasteiger partial charge in [0.15, 0.2) is 0 Å². The van der Waals surface area contributed by atoms with Crippen molar-refractivity contribution in [3.8, 4) is 0 Å². The maximum Gasteiger partial charge on any atom is 0.221 e. The molecule has 1 aromatic rings. The van der Waals surface area contributed by atoms with Crippen LogP contribution in [-0.2, 0) is 16.1 Å². The fourth-order valence-corrected chi connectivity index (χ4v) is 1.86. The molecule has 1 atom stereocenters. The van der Waals surface area contributed by atoms with Gasteiger partial charge in [0.25, 0.3) is 0 Å². The highest BCUT2D eigenvalue weighted by atomic mass is 16.5. The van der Waals surface area contributed by atoms with Crippen LogP contribution in [0.3, 0.4) is 0 Å². The van der Waals surface area contributed by atoms with Gasteiger partial charge in [-0.2, -0.15) is 0 Å². The fraction of sp³-hybridized carbons (Fsp3) is 0.562. The number of hydrogen-bond acceptors (Lipinski definition) is 4. The summed E-state index contributed by atoms with van der Waals surface area (Å²) < 4.78 is 5.39. The van der Waals surface area contributed by atoms with Crippen LogP contribution in [0.25, 0.3) is 0 Å². The number of aliphatic hydroxyl groups is 1. The highest BCUT2D eigenvalue weighted by molar-refractivity contribution is 5.89. The first kappa shape index (κ1) is 17.6. The van der Waals surface area contributed by atoms with Crippen molar-refractivity contribution in [1.82, 2.24) is 5.32 Å². The number of carbonyl (C=O) groups is 1. The Labute approximate surface area is 126 Å². The Hall–Kier alpha value is -1.43. The van der Waals surface area contributed by atoms with E-state index in [4.69, 9.17) is 4.74 Å². The number of anilines is 1. The van der Waals surface area contributed by atoms with Crippen LogP contribution in [0.2, 0.25) is 0 Å². The van der Waals surface area contributed by atoms with Gasteiger partial charge >= 0.3 is 0 Å². The number of carbonyl (C=O) groups excluding carboxylic acids is 1. The molecule has 0 bridgehead atoms. The Morgan fingerprint density at radius 2 is 2.00 bits per heavy atom. The second-order valence-corrected chi connectivity index (χ2v) is 5.55. The lowest BCUT2D eigenvalue weighted by atomic mass is 10.1. The van der Waals surface area contributed by atoms with Gasteiger partial charge in [0, 0.05) is 32.3 Å². The monoisotopic (exact) mass is 294 g/mol. The average Bonchev–Trinajstić information content (AvgIpc) is 2.39. The number of para-hydroxylation sites is 1. The molecule has 5 nitrogen and oxygen atoms in total. The van der Waals surface area contributed by atoms with Crippen LogP contribution in [0.4, 0.5) is 5.69 Å². The molecule has 0 saturated carbocycles. The summed E-state index contributed by atoms with van der Waals surface area (Å²) in [6.07, 6.45) is -0.531. The van der Waals surface area contributed by atoms with Gasteiger partial charge in [0.1, 0.15) is 0 Å². The van der Waals surface area contributed by atoms with Crippen molar-refractivity contribution in [2.75, 3.05) is 25.1 Å². The summed E-state index contributed by atoms with van der Waals surface area (Å²) in [6.45, 7) is 7.65. The number of rotatable bonds is 9. The van der Waals surface area contributed by atoms with Crippen molar-refractivity contribution in [1.29, 1.82) is 0 Å². The Morgan fingerprint density at radius 3 is 2.67 bits per heavy atom. The Morgan fingerprint density at radius 1 is 1.29 bits per heavy atom. The van der Waals surface area contributed by atoms with Gasteiger partial charge in [-0.25, -0.2) is 0 Å². The third-order valence-electron chi connectivity index (χ3n) is 2.78. The van der Waals surface area contributed by atoms with E-state index in [2.05, 4.69) is 24.5 Å². The zero-order chi connectivity index (χ0) is 15.7. The van der Waals surface area contributed by atoms with E-state index in [9.17, 15) is 9.90 Å². The minimum absolute atomic E-state index is 0.0930. The summed E-state index contributed by atoms with van der Waals surface area (Å²) in [5.74, 6) is 0.374. The molecule has 0 radical (unpaired) electrons. The van der Waals surface area contributed by atoms with Gasteiger partial charge in [-0.1, -0.05) is 32.0 Å². The number of aliphatic hydroxyl groups excluding tert-OH is 1. The summed E-state index contributed by atoms with van der Waals surface area (Å²) in [5.41, 5.74) is 1.78. The minimum Gasteiger partial charge on any atom is -0.389 e. The van der Waals surface area contributed by atoms with Crippen molar-refractivity contribution >= 4 is 11.6 Å². The Balaban J connectivity index is 2.33. The maximum atomic E-state index is 11.1. The highest BCUT2D eigenvalue weighted by Gasteiger charge is 2.07. The average molecular weight is 294 g/mol. The van der Waals surface area contributed by atoms with E-state index in [-0.39, 0.29) is 5.91 Å². The molecule has 118 valence electrons. The van der Waals surface area contributed by atoms with E-state index < -0.39 is 6.10 Å². The molecular formula is C16H26N2O3. The van der Waals surface area contributed by atoms with Gasteiger partial charge in [0.05, 0.1) is 12.7 Å². The summed E-state index contributed by atoms with van der Waals surface area (Å²) in [5, 5.41) is 15.8. The summed E-state index contributed by atoms with van der Waals surface area (Å²) in [7, 11) is 0. The van der Waals surface area contributed by atoms with E-state index in [1.54, 1.807) is 0 Å². The van der Waals surface area contributed by atoms with E-state index in [1.807, 2.05) is 24.3 Å². The zero-order valence-electron chi connectivity index (χ0n) is 13.1. The lowest BCUT2D eigenvalue weighted by Gasteiger charge is -2.15. The second-order valence-electron chi connectivity index (χ2n) is 5.55. The molecule has 1 aromatic carbocycles. The first-order chi connectivity index (χ1) is 9.99. The number of nitrogens with one attached hydrogen (secondary N) is 2. The van der Waals surface area contributed by atoms with E-state index >= 15 is 0 Å². The third-order valence-corrected chi connectivity index (χ3v) is 2.78. The van der Waals surface area contributed by atoms with Crippen LogP contribution in [0.1, 0.15) is 26.3 Å². The quantitative estimate of drug-likeness (QED) is 0.649. The van der Waals surface area contributed by atoms with Crippen molar-refractivity contribution in [3.63, 3.8) is 0 Å². The molecular weight excluding hydrogens is 268 g/mol. The predicted molar refractivity (Wildman–Crippen MR) is 84.1 cm³/mol. The first-order valence-corrected chi connectivity index (χ1v) is 7.31. The molecule has 0 heterocycles. The second kappa shape index (κ2) is 9.50. The zero-order valence-corrected chi connectivity index (χ0v) is 13.1. The molecule has 21 heavy (non-hydrogen) atoms. The van der Waals surface area contributed by atoms with Gasteiger partial charge < -0.3 is 20.5 Å². The van der Waals surface area contributed by atoms with Gasteiger partial charge in [-0.3, -0.25) is 4.79 Å². The van der Waals surface area contributed by atoms with Crippen LogP contribution in [0.5, 0.6) is 0 Å². The van der Waals surface area contributed by atoms with E-state index in [1.165, 1.54) is 6.92 Å². The third kappa shape index (κ3) is 7.80. The number of ether oxygens (including phenoxy) is 1. The van der Waals surface area contributed by atoms with Crippen molar-refractivity contribution < 1.29 is 14.6 Å². The largest absolute Gasteiger partial charge is 0.389 e. The van der Waals surface area contributed by atoms with E-state index in [0.29, 0.717) is 32.2 Å². The summed E-state index contributed by atoms with van der Waals surface area (Å²) >= 11 is 0. The van der Waals surface area contributed by atoms with Crippen molar-refractivity contribution in [3.05, 3.63) is 29.8 Å². The number of hydrogen-bond donors (Lipinski definition) is 3. The molecule has 1 rings (SSSR count). The van der Waals surface area contributed by atoms with Gasteiger partial charge in [-0.05, 0) is 17.5 Å². The minimum atomic E-state index is -0.531. The molecule has 0 fully saturated rings. The molecule has 0 spiro atoms. The standard InChI is InChI=1S/C16H26N2O3/c1-12(2)10-21-11-15(20)9-17-8-14-6-4-5-7-16(14)18-13(3)19/h4-7,12,15,17,20H,8-11H2,1-3H3,(H,18,19). The molecule has 0 aliphatic heterocycles. The molecule has 0 aromatic heterocycles. The molecule has 3 N–H and O–H groups in total. The van der Waals surface area contributed by atoms with Crippen LogP contribution in [-0.4, -0.2) is 36.9 Å². The predicted octanol–water partition coefficient (Wildman–Crippen LogP) is 1.77. The van der Waals surface area contributed by atoms with Crippen LogP contribution >= 0.6 is 0 Å². The first-order valence-electron chi connectivity index (χ1n) is 7.31. The van der Waals surface area contributed by atoms with Gasteiger partial charge in [0.2, 0.25) is 5.91 Å². The van der Waals surface area contributed by atoms with Gasteiger partial charge in [-0.15, -0.1) is 0 Å². The smallest absolute Gasteiger partial charge is 0.221 e. The summed E-state index contributed by atoms with van der Waals surface area (Å²) in [6, 6.07) is 7.61. The molecule has 5 heteroatoms. The maximum absolute atomic E-state index is 11.1. The summed E-state index contributed by atoms with van der Waals surface area (Å²) in [4.78, 5) is 11.1. The lowest BCUT2D eigenvalue weighted by Crippen LogP contribution is -2.30. The Kier molecular flexibility index (Phi) is 7.97. The molecule has 0 aliphatic rings. The Bertz CT molecular complexity index is 435. The topological polar surface area (TPSA) is 70.6 Å². The number of amides is 1. The van der Waals surface area contributed by atoms with E-state index in [0.717, 1.165) is 11.3 Å². The normalized spacial score (nSPS) is 12.4. The number of benzene rings is 1. The lowest BCUT2D eigenvalue weighted by molar-refractivity contribution is -0.114. The molecule has 1 amide bonds.